The highest BCUT2D eigenvalue weighted by Crippen LogP contribution is 2.22. The molecule has 160 valence electrons. The van der Waals surface area contributed by atoms with Gasteiger partial charge in [0.15, 0.2) is 0 Å². The Hall–Kier alpha value is -4.46. The minimum atomic E-state index is 0.136. The second kappa shape index (κ2) is 9.57. The van der Waals surface area contributed by atoms with Crippen molar-refractivity contribution in [1.29, 1.82) is 0 Å². The van der Waals surface area contributed by atoms with E-state index in [4.69, 9.17) is 0 Å². The molecule has 0 fully saturated rings. The number of hydrazone groups is 1. The predicted octanol–water partition coefficient (Wildman–Crippen LogP) is 5.13. The van der Waals surface area contributed by atoms with Gasteiger partial charge >= 0.3 is 0 Å². The Kier molecular flexibility index (Phi) is 6.22. The molecule has 1 heterocycles. The lowest BCUT2D eigenvalue weighted by molar-refractivity contribution is 0.474. The van der Waals surface area contributed by atoms with Gasteiger partial charge in [0.05, 0.1) is 6.21 Å². The van der Waals surface area contributed by atoms with Crippen molar-refractivity contribution in [2.75, 3.05) is 16.1 Å². The number of anilines is 5. The average molecular weight is 425 g/mol. The van der Waals surface area contributed by atoms with Crippen molar-refractivity contribution < 1.29 is 5.11 Å². The minimum absolute atomic E-state index is 0.136. The zero-order chi connectivity index (χ0) is 22.3. The number of hydrogen-bond donors (Lipinski definition) is 4. The number of aromatic nitrogens is 3. The molecule has 8 heteroatoms. The van der Waals surface area contributed by atoms with Crippen molar-refractivity contribution in [3.05, 3.63) is 89.5 Å². The van der Waals surface area contributed by atoms with E-state index in [1.54, 1.807) is 18.2 Å². The molecule has 4 aromatic rings. The molecule has 0 amide bonds. The van der Waals surface area contributed by atoms with Crippen molar-refractivity contribution >= 4 is 35.4 Å². The Bertz CT molecular complexity index is 1240. The normalized spacial score (nSPS) is 10.8. The minimum Gasteiger partial charge on any atom is -0.507 e. The maximum absolute atomic E-state index is 9.89. The van der Waals surface area contributed by atoms with Crippen LogP contribution in [0.25, 0.3) is 0 Å². The summed E-state index contributed by atoms with van der Waals surface area (Å²) in [7, 11) is 0. The summed E-state index contributed by atoms with van der Waals surface area (Å²) < 4.78 is 0. The standard InChI is InChI=1S/C24H23N7O/c1-16-12-13-20(17(2)14-16)27-23-28-22(26-19-9-4-3-5-10-19)29-24(30-23)31-25-15-18-8-6-7-11-21(18)32/h3-15,32H,1-2H3,(H3,26,27,28,29,30,31)/b25-15-. The monoisotopic (exact) mass is 425 g/mol. The van der Waals surface area contributed by atoms with Crippen LogP contribution < -0.4 is 16.1 Å². The Morgan fingerprint density at radius 2 is 1.47 bits per heavy atom. The van der Waals surface area contributed by atoms with Crippen molar-refractivity contribution in [3.63, 3.8) is 0 Å². The lowest BCUT2D eigenvalue weighted by Crippen LogP contribution is -2.07. The third-order valence-corrected chi connectivity index (χ3v) is 4.60. The average Bonchev–Trinajstić information content (AvgIpc) is 2.78. The topological polar surface area (TPSA) is 107 Å². The molecule has 0 bridgehead atoms. The first-order chi connectivity index (χ1) is 15.6. The van der Waals surface area contributed by atoms with Crippen molar-refractivity contribution in [2.45, 2.75) is 13.8 Å². The zero-order valence-corrected chi connectivity index (χ0v) is 17.7. The van der Waals surface area contributed by atoms with Crippen LogP contribution in [0.2, 0.25) is 0 Å². The molecule has 8 nitrogen and oxygen atoms in total. The van der Waals surface area contributed by atoms with Gasteiger partial charge in [0.1, 0.15) is 5.75 Å². The number of rotatable bonds is 7. The molecule has 0 aliphatic rings. The number of para-hydroxylation sites is 2. The molecule has 0 unspecified atom stereocenters. The number of benzene rings is 3. The predicted molar refractivity (Wildman–Crippen MR) is 128 cm³/mol. The smallest absolute Gasteiger partial charge is 0.250 e. The maximum Gasteiger partial charge on any atom is 0.250 e. The third kappa shape index (κ3) is 5.37. The van der Waals surface area contributed by atoms with Gasteiger partial charge in [-0.25, -0.2) is 5.43 Å². The summed E-state index contributed by atoms with van der Waals surface area (Å²) in [6, 6.07) is 22.6. The molecule has 0 spiro atoms. The molecule has 4 rings (SSSR count). The summed E-state index contributed by atoms with van der Waals surface area (Å²) in [5.41, 5.74) is 7.39. The number of phenols is 1. The maximum atomic E-state index is 9.89. The van der Waals surface area contributed by atoms with E-state index in [9.17, 15) is 5.11 Å². The third-order valence-electron chi connectivity index (χ3n) is 4.60. The highest BCUT2D eigenvalue weighted by molar-refractivity contribution is 5.83. The molecule has 0 radical (unpaired) electrons. The largest absolute Gasteiger partial charge is 0.507 e. The van der Waals surface area contributed by atoms with Gasteiger partial charge in [0.25, 0.3) is 0 Å². The Labute approximate surface area is 186 Å². The van der Waals surface area contributed by atoms with E-state index in [1.807, 2.05) is 62.4 Å². The number of phenolic OH excluding ortho intramolecular Hbond substituents is 1. The highest BCUT2D eigenvalue weighted by atomic mass is 16.3. The molecule has 0 atom stereocenters. The van der Waals surface area contributed by atoms with Gasteiger partial charge in [-0.15, -0.1) is 0 Å². The fourth-order valence-corrected chi connectivity index (χ4v) is 3.02. The quantitative estimate of drug-likeness (QED) is 0.240. The van der Waals surface area contributed by atoms with Crippen LogP contribution in [0.3, 0.4) is 0 Å². The molecule has 0 aliphatic carbocycles. The molecule has 1 aromatic heterocycles. The first kappa shape index (κ1) is 20.8. The second-order valence-electron chi connectivity index (χ2n) is 7.17. The summed E-state index contributed by atoms with van der Waals surface area (Å²) >= 11 is 0. The van der Waals surface area contributed by atoms with Gasteiger partial charge < -0.3 is 15.7 Å². The Morgan fingerprint density at radius 3 is 2.22 bits per heavy atom. The number of nitrogens with zero attached hydrogens (tertiary/aromatic N) is 4. The van der Waals surface area contributed by atoms with E-state index in [2.05, 4.69) is 42.2 Å². The van der Waals surface area contributed by atoms with E-state index in [0.717, 1.165) is 16.9 Å². The fraction of sp³-hybridized carbons (Fsp3) is 0.0833. The van der Waals surface area contributed by atoms with Crippen LogP contribution in [0.15, 0.2) is 77.9 Å². The molecule has 4 N–H and O–H groups in total. The molecular formula is C24H23N7O. The van der Waals surface area contributed by atoms with E-state index in [1.165, 1.54) is 11.8 Å². The van der Waals surface area contributed by atoms with E-state index in [0.29, 0.717) is 17.5 Å². The number of aryl methyl sites for hydroxylation is 2. The van der Waals surface area contributed by atoms with Crippen LogP contribution in [0, 0.1) is 13.8 Å². The lowest BCUT2D eigenvalue weighted by atomic mass is 10.1. The van der Waals surface area contributed by atoms with Crippen molar-refractivity contribution in [2.24, 2.45) is 5.10 Å². The molecule has 32 heavy (non-hydrogen) atoms. The molecular weight excluding hydrogens is 402 g/mol. The number of hydrogen-bond acceptors (Lipinski definition) is 8. The van der Waals surface area contributed by atoms with E-state index >= 15 is 0 Å². The summed E-state index contributed by atoms with van der Waals surface area (Å²) in [4.78, 5) is 13.3. The first-order valence-electron chi connectivity index (χ1n) is 10.1. The SMILES string of the molecule is Cc1ccc(Nc2nc(N/N=C\c3ccccc3O)nc(Nc3ccccc3)n2)c(C)c1. The van der Waals surface area contributed by atoms with Gasteiger partial charge in [-0.3, -0.25) is 0 Å². The van der Waals surface area contributed by atoms with E-state index in [-0.39, 0.29) is 11.7 Å². The van der Waals surface area contributed by atoms with Gasteiger partial charge in [-0.1, -0.05) is 48.0 Å². The van der Waals surface area contributed by atoms with Gasteiger partial charge in [-0.2, -0.15) is 20.1 Å². The van der Waals surface area contributed by atoms with Gasteiger partial charge in [0, 0.05) is 16.9 Å². The van der Waals surface area contributed by atoms with Gasteiger partial charge in [0.2, 0.25) is 17.8 Å². The summed E-state index contributed by atoms with van der Waals surface area (Å²) in [6.07, 6.45) is 1.50. The fourth-order valence-electron chi connectivity index (χ4n) is 3.02. The van der Waals surface area contributed by atoms with Crippen LogP contribution in [-0.4, -0.2) is 26.3 Å². The van der Waals surface area contributed by atoms with E-state index < -0.39 is 0 Å². The molecule has 0 aliphatic heterocycles. The second-order valence-corrected chi connectivity index (χ2v) is 7.17. The molecule has 3 aromatic carbocycles. The van der Waals surface area contributed by atoms with Gasteiger partial charge in [-0.05, 0) is 49.7 Å². The molecule has 0 saturated carbocycles. The van der Waals surface area contributed by atoms with Crippen molar-refractivity contribution in [1.82, 2.24) is 15.0 Å². The number of nitrogens with one attached hydrogen (secondary N) is 3. The summed E-state index contributed by atoms with van der Waals surface area (Å²) in [5.74, 6) is 1.11. The Balaban J connectivity index is 1.61. The van der Waals surface area contributed by atoms with Crippen LogP contribution in [0.4, 0.5) is 29.2 Å². The zero-order valence-electron chi connectivity index (χ0n) is 17.7. The van der Waals surface area contributed by atoms with Crippen LogP contribution in [-0.2, 0) is 0 Å². The summed E-state index contributed by atoms with van der Waals surface area (Å²) in [6.45, 7) is 4.07. The molecule has 0 saturated heterocycles. The first-order valence-corrected chi connectivity index (χ1v) is 10.1. The highest BCUT2D eigenvalue weighted by Gasteiger charge is 2.09. The summed E-state index contributed by atoms with van der Waals surface area (Å²) in [5, 5.41) is 20.5. The van der Waals surface area contributed by atoms with Crippen LogP contribution >= 0.6 is 0 Å². The van der Waals surface area contributed by atoms with Crippen molar-refractivity contribution in [3.8, 4) is 5.75 Å². The number of aromatic hydroxyl groups is 1. The Morgan fingerprint density at radius 1 is 0.781 bits per heavy atom. The van der Waals surface area contributed by atoms with Crippen LogP contribution in [0.5, 0.6) is 5.75 Å². The lowest BCUT2D eigenvalue weighted by Gasteiger charge is -2.12. The van der Waals surface area contributed by atoms with Crippen LogP contribution in [0.1, 0.15) is 16.7 Å².